The van der Waals surface area contributed by atoms with Crippen LogP contribution in [0.1, 0.15) is 27.8 Å². The van der Waals surface area contributed by atoms with Crippen LogP contribution in [0.2, 0.25) is 0 Å². The minimum atomic E-state index is -0.394. The van der Waals surface area contributed by atoms with Gasteiger partial charge in [-0.2, -0.15) is 0 Å². The first-order valence-corrected chi connectivity index (χ1v) is 16.1. The van der Waals surface area contributed by atoms with Gasteiger partial charge in [0.15, 0.2) is 0 Å². The van der Waals surface area contributed by atoms with Gasteiger partial charge in [0.05, 0.1) is 16.4 Å². The van der Waals surface area contributed by atoms with Crippen LogP contribution in [-0.4, -0.2) is 4.57 Å². The van der Waals surface area contributed by atoms with E-state index < -0.39 is 5.41 Å². The fourth-order valence-corrected chi connectivity index (χ4v) is 9.30. The average molecular weight is 578 g/mol. The van der Waals surface area contributed by atoms with Crippen molar-refractivity contribution in [3.8, 4) is 16.8 Å². The highest BCUT2D eigenvalue weighted by Crippen LogP contribution is 2.62. The molecule has 0 bridgehead atoms. The summed E-state index contributed by atoms with van der Waals surface area (Å²) in [6, 6.07) is 54.6. The first-order valence-electron chi connectivity index (χ1n) is 15.3. The predicted octanol–water partition coefficient (Wildman–Crippen LogP) is 11.1. The van der Waals surface area contributed by atoms with Crippen LogP contribution in [-0.2, 0) is 5.41 Å². The van der Waals surface area contributed by atoms with Crippen molar-refractivity contribution in [1.82, 2.24) is 4.57 Å². The third-order valence-electron chi connectivity index (χ3n) is 9.91. The lowest BCUT2D eigenvalue weighted by molar-refractivity contribution is 0.724. The molecule has 0 amide bonds. The van der Waals surface area contributed by atoms with Crippen LogP contribution in [0.25, 0.3) is 49.4 Å². The molecule has 7 aromatic carbocycles. The molecule has 2 aliphatic rings. The van der Waals surface area contributed by atoms with Crippen molar-refractivity contribution >= 4 is 44.3 Å². The maximum Gasteiger partial charge on any atom is 0.0736 e. The lowest BCUT2D eigenvalue weighted by Gasteiger charge is -2.39. The molecular weight excluding hydrogens is 551 g/mol. The molecule has 1 nitrogen and oxygen atoms in total. The van der Waals surface area contributed by atoms with Crippen LogP contribution in [0.4, 0.5) is 0 Å². The van der Waals surface area contributed by atoms with Crippen molar-refractivity contribution in [2.75, 3.05) is 0 Å². The maximum atomic E-state index is 2.53. The zero-order valence-corrected chi connectivity index (χ0v) is 25.0. The van der Waals surface area contributed by atoms with Gasteiger partial charge in [0.25, 0.3) is 0 Å². The number of fused-ring (bicyclic) bond motifs is 14. The normalized spacial score (nSPS) is 14.1. The van der Waals surface area contributed by atoms with Crippen LogP contribution in [0.15, 0.2) is 155 Å². The molecule has 8 aromatic rings. The van der Waals surface area contributed by atoms with Gasteiger partial charge < -0.3 is 4.57 Å². The Morgan fingerprint density at radius 1 is 0.500 bits per heavy atom. The first kappa shape index (κ1) is 24.4. The number of aryl methyl sites for hydroxylation is 1. The molecule has 0 fully saturated rings. The molecule has 44 heavy (non-hydrogen) atoms. The summed E-state index contributed by atoms with van der Waals surface area (Å²) in [5.41, 5.74) is 12.7. The molecule has 2 heterocycles. The summed E-state index contributed by atoms with van der Waals surface area (Å²) in [5, 5.41) is 5.13. The van der Waals surface area contributed by atoms with Crippen LogP contribution < -0.4 is 0 Å². The second-order valence-corrected chi connectivity index (χ2v) is 13.2. The van der Waals surface area contributed by atoms with Gasteiger partial charge in [0.2, 0.25) is 0 Å². The zero-order chi connectivity index (χ0) is 29.0. The Morgan fingerprint density at radius 3 is 1.93 bits per heavy atom. The Balaban J connectivity index is 1.42. The van der Waals surface area contributed by atoms with E-state index in [9.17, 15) is 0 Å². The van der Waals surface area contributed by atoms with E-state index in [-0.39, 0.29) is 0 Å². The smallest absolute Gasteiger partial charge is 0.0736 e. The van der Waals surface area contributed by atoms with Crippen molar-refractivity contribution in [3.05, 3.63) is 173 Å². The number of benzene rings is 7. The third-order valence-corrected chi connectivity index (χ3v) is 11.0. The number of hydrogen-bond donors (Lipinski definition) is 0. The van der Waals surface area contributed by atoms with Crippen LogP contribution in [0, 0.1) is 6.92 Å². The summed E-state index contributed by atoms with van der Waals surface area (Å²) in [7, 11) is 0. The molecule has 0 saturated heterocycles. The molecule has 10 rings (SSSR count). The zero-order valence-electron chi connectivity index (χ0n) is 24.2. The molecule has 0 saturated carbocycles. The summed E-state index contributed by atoms with van der Waals surface area (Å²) in [4.78, 5) is 2.66. The highest BCUT2D eigenvalue weighted by Gasteiger charge is 2.50. The molecule has 0 unspecified atom stereocenters. The minimum absolute atomic E-state index is 0.394. The Bertz CT molecular complexity index is 2430. The van der Waals surface area contributed by atoms with E-state index in [0.717, 1.165) is 0 Å². The van der Waals surface area contributed by atoms with Crippen LogP contribution >= 0.6 is 11.8 Å². The fourth-order valence-electron chi connectivity index (χ4n) is 8.09. The summed E-state index contributed by atoms with van der Waals surface area (Å²) in [5.74, 6) is 0. The van der Waals surface area contributed by atoms with Crippen molar-refractivity contribution in [2.24, 2.45) is 0 Å². The Kier molecular flexibility index (Phi) is 4.85. The first-order chi connectivity index (χ1) is 21.7. The number of rotatable bonds is 1. The van der Waals surface area contributed by atoms with Crippen molar-refractivity contribution in [3.63, 3.8) is 0 Å². The highest BCUT2D eigenvalue weighted by atomic mass is 32.2. The SMILES string of the molecule is Cc1ccc(-n2c3cc4c(cc3c3ccc5ccccc5c32)Sc2ccccc2C42c3ccccc3-c3ccccc32)cc1. The molecule has 1 spiro atoms. The lowest BCUT2D eigenvalue weighted by atomic mass is 9.67. The maximum absolute atomic E-state index is 2.53. The molecule has 1 aliphatic carbocycles. The average Bonchev–Trinajstić information content (AvgIpc) is 3.55. The summed E-state index contributed by atoms with van der Waals surface area (Å²) in [6.07, 6.45) is 0. The quantitative estimate of drug-likeness (QED) is 0.188. The van der Waals surface area contributed by atoms with Crippen molar-refractivity contribution in [1.29, 1.82) is 0 Å². The summed E-state index contributed by atoms with van der Waals surface area (Å²) >= 11 is 1.92. The van der Waals surface area contributed by atoms with E-state index in [4.69, 9.17) is 0 Å². The Hall–Kier alpha value is -5.05. The van der Waals surface area contributed by atoms with Gasteiger partial charge in [-0.1, -0.05) is 133 Å². The minimum Gasteiger partial charge on any atom is -0.309 e. The number of aromatic nitrogens is 1. The van der Waals surface area contributed by atoms with Crippen LogP contribution in [0.5, 0.6) is 0 Å². The van der Waals surface area contributed by atoms with Gasteiger partial charge in [0.1, 0.15) is 0 Å². The van der Waals surface area contributed by atoms with Crippen LogP contribution in [0.3, 0.4) is 0 Å². The van der Waals surface area contributed by atoms with E-state index in [0.29, 0.717) is 0 Å². The van der Waals surface area contributed by atoms with Gasteiger partial charge >= 0.3 is 0 Å². The standard InChI is InChI=1S/C42H27NS/c1-26-18-21-28(22-19-26)43-38-25-37-40(24-33(38)32-23-20-27-10-2-3-11-29(27)41(32)43)44-39-17-9-8-16-36(39)42(37)34-14-6-4-12-30(34)31-13-5-7-15-35(31)42/h2-25H,1H3. The van der Waals surface area contributed by atoms with Gasteiger partial charge in [-0.25, -0.2) is 0 Å². The second kappa shape index (κ2) is 8.75. The molecule has 0 radical (unpaired) electrons. The summed E-state index contributed by atoms with van der Waals surface area (Å²) in [6.45, 7) is 2.16. The largest absolute Gasteiger partial charge is 0.309 e. The fraction of sp³-hybridized carbons (Fsp3) is 0.0476. The topological polar surface area (TPSA) is 4.93 Å². The van der Waals surface area contributed by atoms with E-state index in [1.165, 1.54) is 87.0 Å². The number of nitrogens with zero attached hydrogens (tertiary/aromatic N) is 1. The molecule has 206 valence electrons. The molecule has 1 aromatic heterocycles. The third kappa shape index (κ3) is 3.01. The highest BCUT2D eigenvalue weighted by molar-refractivity contribution is 7.99. The van der Waals surface area contributed by atoms with Gasteiger partial charge in [0, 0.05) is 31.6 Å². The van der Waals surface area contributed by atoms with E-state index in [2.05, 4.69) is 157 Å². The van der Waals surface area contributed by atoms with E-state index in [1.807, 2.05) is 11.8 Å². The molecular formula is C42H27NS. The van der Waals surface area contributed by atoms with Gasteiger partial charge in [-0.3, -0.25) is 0 Å². The lowest BCUT2D eigenvalue weighted by Crippen LogP contribution is -2.32. The Labute approximate surface area is 260 Å². The van der Waals surface area contributed by atoms with E-state index >= 15 is 0 Å². The monoisotopic (exact) mass is 577 g/mol. The Morgan fingerprint density at radius 2 is 1.16 bits per heavy atom. The predicted molar refractivity (Wildman–Crippen MR) is 184 cm³/mol. The van der Waals surface area contributed by atoms with Gasteiger partial charge in [-0.15, -0.1) is 0 Å². The molecule has 0 atom stereocenters. The second-order valence-electron chi connectivity index (χ2n) is 12.2. The van der Waals surface area contributed by atoms with Crippen molar-refractivity contribution in [2.45, 2.75) is 22.1 Å². The van der Waals surface area contributed by atoms with Gasteiger partial charge in [-0.05, 0) is 76.0 Å². The molecule has 1 aliphatic heterocycles. The molecule has 0 N–H and O–H groups in total. The van der Waals surface area contributed by atoms with E-state index in [1.54, 1.807) is 0 Å². The number of hydrogen-bond acceptors (Lipinski definition) is 1. The summed E-state index contributed by atoms with van der Waals surface area (Å²) < 4.78 is 2.51. The molecule has 2 heteroatoms. The van der Waals surface area contributed by atoms with Crippen molar-refractivity contribution < 1.29 is 0 Å².